The summed E-state index contributed by atoms with van der Waals surface area (Å²) in [4.78, 5) is 48.5. The van der Waals surface area contributed by atoms with E-state index in [1.165, 1.54) is 41.7 Å². The number of methoxy groups -OCH3 is 2. The minimum atomic E-state index is -0.218. The maximum Gasteiger partial charge on any atom is 0.253 e. The third kappa shape index (κ3) is 12.5. The summed E-state index contributed by atoms with van der Waals surface area (Å²) in [5.74, 6) is 6.95. The molecule has 0 fully saturated rings. The van der Waals surface area contributed by atoms with E-state index in [0.29, 0.717) is 30.5 Å². The molecule has 19 nitrogen and oxygen atoms in total. The van der Waals surface area contributed by atoms with Gasteiger partial charge in [0.2, 0.25) is 17.7 Å². The van der Waals surface area contributed by atoms with E-state index in [9.17, 15) is 14.4 Å². The Morgan fingerprint density at radius 3 is 1.63 bits per heavy atom. The molecule has 378 valence electrons. The fraction of sp³-hybridized carbons (Fsp3) is 0.255. The van der Waals surface area contributed by atoms with Gasteiger partial charge in [-0.2, -0.15) is 10.2 Å². The fourth-order valence-electron chi connectivity index (χ4n) is 7.60. The minimum absolute atomic E-state index is 0.0998. The molecule has 7 aromatic rings. The number of fused-ring (bicyclic) bond motifs is 4. The van der Waals surface area contributed by atoms with E-state index < -0.39 is 0 Å². The largest absolute Gasteiger partial charge is 0.495 e. The van der Waals surface area contributed by atoms with Crippen LogP contribution in [0.5, 0.6) is 11.5 Å². The van der Waals surface area contributed by atoms with Gasteiger partial charge in [-0.15, -0.1) is 32.9 Å². The number of nitrogens with one attached hydrogen (secondary N) is 3. The van der Waals surface area contributed by atoms with Gasteiger partial charge >= 0.3 is 0 Å². The number of ether oxygens (including phenoxy) is 2. The lowest BCUT2D eigenvalue weighted by molar-refractivity contribution is -0.119. The molecule has 22 heteroatoms. The van der Waals surface area contributed by atoms with Crippen LogP contribution < -0.4 is 36.4 Å². The Kier molecular flexibility index (Phi) is 17.2. The third-order valence-corrected chi connectivity index (χ3v) is 14.3. The van der Waals surface area contributed by atoms with Crippen LogP contribution >= 0.6 is 34.4 Å². The Morgan fingerprint density at radius 1 is 0.658 bits per heavy atom. The molecule has 0 saturated heterocycles. The second kappa shape index (κ2) is 23.6. The first-order valence-electron chi connectivity index (χ1n) is 22.7. The number of aliphatic imine (C=N–C) groups is 1. The number of thioether (sulfide) groups is 1. The maximum absolute atomic E-state index is 11.5. The number of hydrogen-bond acceptors (Lipinski definition) is 18. The fourth-order valence-corrected chi connectivity index (χ4v) is 10.4. The summed E-state index contributed by atoms with van der Waals surface area (Å²) in [6, 6.07) is 19.4. The number of hydrazone groups is 2. The first-order chi connectivity index (χ1) is 35.0. The monoisotopic (exact) mass is 1040 g/mol. The molecule has 0 radical (unpaired) electrons. The second-order valence-corrected chi connectivity index (χ2v) is 19.8. The molecule has 0 unspecified atom stereocenters. The van der Waals surface area contributed by atoms with Crippen molar-refractivity contribution in [3.05, 3.63) is 146 Å². The van der Waals surface area contributed by atoms with Crippen molar-refractivity contribution in [1.82, 2.24) is 35.2 Å². The highest BCUT2D eigenvalue weighted by Crippen LogP contribution is 2.41. The van der Waals surface area contributed by atoms with Gasteiger partial charge in [0.25, 0.3) is 5.95 Å². The molecule has 3 amide bonds. The van der Waals surface area contributed by atoms with Gasteiger partial charge in [0, 0.05) is 76.5 Å². The van der Waals surface area contributed by atoms with E-state index >= 15 is 0 Å². The highest BCUT2D eigenvalue weighted by molar-refractivity contribution is 8.13. The number of rotatable bonds is 10. The number of nitrogens with zero attached hydrogens (tertiary/aromatic N) is 10. The lowest BCUT2D eigenvalue weighted by atomic mass is 10.00. The number of aromatic nitrogens is 5. The molecular weight excluding hydrogens is 985 g/mol. The summed E-state index contributed by atoms with van der Waals surface area (Å²) in [7, 11) is 3.25. The van der Waals surface area contributed by atoms with E-state index in [2.05, 4.69) is 68.9 Å². The highest BCUT2D eigenvalue weighted by atomic mass is 32.2. The molecule has 9 rings (SSSR count). The molecule has 2 aliphatic rings. The predicted octanol–water partition coefficient (Wildman–Crippen LogP) is 8.73. The highest BCUT2D eigenvalue weighted by Gasteiger charge is 2.31. The molecule has 2 aromatic carbocycles. The molecular formula is C51H56N14O5S3. The van der Waals surface area contributed by atoms with Gasteiger partial charge < -0.3 is 20.1 Å². The third-order valence-electron chi connectivity index (χ3n) is 11.3. The van der Waals surface area contributed by atoms with E-state index in [-0.39, 0.29) is 17.7 Å². The predicted molar refractivity (Wildman–Crippen MR) is 292 cm³/mol. The van der Waals surface area contributed by atoms with Crippen LogP contribution in [-0.2, 0) is 27.5 Å². The van der Waals surface area contributed by atoms with Gasteiger partial charge in [0.1, 0.15) is 38.7 Å². The standard InChI is InChI=1S/C25H25N7O2S.C24H25N5O2S2.C2H6N2O/c1-14-15(2)35-24-22(14)23(19-6-8-20(9-7-19)27-17(4)33)30-31(25-29-28-16(3)32(24)25)13-18-10-21(34-5)12-26-11-18;1-14-15(2)33-23-21(14)22(18-6-8-19(9-7-18)26-16(3)30)28-29(24(27-23)32-5)13-17-10-20(31-4)12-25-11-17;1-2(5)4-3/h6-12H,13H2,1-5H3,(H,27,33);6-12H,13H2,1-5H3,(H,26,30);3H2,1H3,(H,4,5). The minimum Gasteiger partial charge on any atom is -0.495 e. The van der Waals surface area contributed by atoms with Gasteiger partial charge in [-0.3, -0.25) is 34.3 Å². The van der Waals surface area contributed by atoms with Crippen LogP contribution in [0.15, 0.2) is 101 Å². The van der Waals surface area contributed by atoms with Crippen molar-refractivity contribution in [2.75, 3.05) is 36.1 Å². The average molecular weight is 1040 g/mol. The summed E-state index contributed by atoms with van der Waals surface area (Å²) in [5.41, 5.74) is 13.3. The van der Waals surface area contributed by atoms with Crippen LogP contribution in [0.4, 0.5) is 22.3 Å². The van der Waals surface area contributed by atoms with Gasteiger partial charge in [0.15, 0.2) is 5.17 Å². The lowest BCUT2D eigenvalue weighted by Crippen LogP contribution is -2.26. The van der Waals surface area contributed by atoms with Crippen molar-refractivity contribution in [1.29, 1.82) is 0 Å². The van der Waals surface area contributed by atoms with Crippen LogP contribution in [0, 0.1) is 34.6 Å². The van der Waals surface area contributed by atoms with Crippen molar-refractivity contribution in [2.24, 2.45) is 21.0 Å². The van der Waals surface area contributed by atoms with Crippen LogP contribution in [0.25, 0.3) is 5.00 Å². The number of thiophene rings is 2. The number of hydrogen-bond donors (Lipinski definition) is 4. The Bertz CT molecular complexity index is 3250. The molecule has 0 saturated carbocycles. The summed E-state index contributed by atoms with van der Waals surface area (Å²) in [6.07, 6.45) is 8.97. The number of pyridine rings is 2. The number of nitrogens with two attached hydrogens (primary N) is 1. The van der Waals surface area contributed by atoms with Gasteiger partial charge in [0.05, 0.1) is 39.7 Å². The van der Waals surface area contributed by atoms with E-state index in [1.54, 1.807) is 67.2 Å². The SMILES string of the molecule is CC(=O)NN.COc1cncc(CN2N=C(c3ccc(NC(C)=O)cc3)c3c(sc(C)c3C)-n3c(C)nnc32)c1.COc1cncc(CN2N=C(c3ccc(NC(C)=O)cc3)c3c(sc(C)c3C)N=C2SC)c1. The topological polar surface area (TPSA) is 232 Å². The van der Waals surface area contributed by atoms with Crippen LogP contribution in [-0.4, -0.2) is 84.5 Å². The Morgan fingerprint density at radius 2 is 1.14 bits per heavy atom. The van der Waals surface area contributed by atoms with Crippen molar-refractivity contribution in [3.63, 3.8) is 0 Å². The van der Waals surface area contributed by atoms with Gasteiger partial charge in [-0.05, 0) is 99.5 Å². The molecule has 2 aliphatic heterocycles. The molecule has 0 aliphatic carbocycles. The van der Waals surface area contributed by atoms with Crippen LogP contribution in [0.3, 0.4) is 0 Å². The second-order valence-electron chi connectivity index (χ2n) is 16.6. The smallest absolute Gasteiger partial charge is 0.253 e. The van der Waals surface area contributed by atoms with Gasteiger partial charge in [-0.1, -0.05) is 36.0 Å². The summed E-state index contributed by atoms with van der Waals surface area (Å²) < 4.78 is 12.8. The molecule has 5 aromatic heterocycles. The first-order valence-corrected chi connectivity index (χ1v) is 25.5. The number of carbonyl (C=O) groups excluding carboxylic acids is 3. The van der Waals surface area contributed by atoms with E-state index in [1.807, 2.05) is 95.5 Å². The number of hydrazine groups is 1. The Balaban J connectivity index is 0.000000196. The first kappa shape index (κ1) is 53.0. The number of benzene rings is 2. The lowest BCUT2D eigenvalue weighted by Gasteiger charge is -2.20. The summed E-state index contributed by atoms with van der Waals surface area (Å²) in [6.45, 7) is 15.7. The number of carbonyl (C=O) groups is 3. The molecule has 0 spiro atoms. The molecule has 0 bridgehead atoms. The quantitative estimate of drug-likeness (QED) is 0.0571. The van der Waals surface area contributed by atoms with Crippen molar-refractivity contribution < 1.29 is 23.9 Å². The molecule has 73 heavy (non-hydrogen) atoms. The molecule has 5 N–H and O–H groups in total. The molecule has 0 atom stereocenters. The van der Waals surface area contributed by atoms with Gasteiger partial charge in [-0.25, -0.2) is 20.9 Å². The average Bonchev–Trinajstić information content (AvgIpc) is 3.92. The maximum atomic E-state index is 11.5. The van der Waals surface area contributed by atoms with Crippen LogP contribution in [0.1, 0.15) is 80.9 Å². The Labute approximate surface area is 435 Å². The molecule has 7 heterocycles. The van der Waals surface area contributed by atoms with Crippen molar-refractivity contribution >= 4 is 91.1 Å². The Hall–Kier alpha value is -7.79. The number of anilines is 3. The van der Waals surface area contributed by atoms with Crippen molar-refractivity contribution in [3.8, 4) is 16.5 Å². The van der Waals surface area contributed by atoms with E-state index in [4.69, 9.17) is 24.7 Å². The summed E-state index contributed by atoms with van der Waals surface area (Å²) in [5, 5.41) is 31.3. The zero-order valence-corrected chi connectivity index (χ0v) is 44.8. The zero-order valence-electron chi connectivity index (χ0n) is 42.3. The van der Waals surface area contributed by atoms with E-state index in [0.717, 1.165) is 77.2 Å². The van der Waals surface area contributed by atoms with Crippen molar-refractivity contribution in [2.45, 2.75) is 68.5 Å². The normalized spacial score (nSPS) is 12.4. The number of amides is 3. The zero-order chi connectivity index (χ0) is 52.5. The van der Waals surface area contributed by atoms with Crippen LogP contribution in [0.2, 0.25) is 0 Å². The number of amidine groups is 1. The summed E-state index contributed by atoms with van der Waals surface area (Å²) >= 11 is 4.94. The number of aryl methyl sites for hydroxylation is 3.